The van der Waals surface area contributed by atoms with Gasteiger partial charge in [-0.3, -0.25) is 4.79 Å². The molecular formula is C18H30N4O2. The van der Waals surface area contributed by atoms with E-state index < -0.39 is 0 Å². The van der Waals surface area contributed by atoms with E-state index >= 15 is 0 Å². The molecule has 3 rings (SSSR count). The Balaban J connectivity index is 1.48. The highest BCUT2D eigenvalue weighted by atomic mass is 16.5. The van der Waals surface area contributed by atoms with Gasteiger partial charge in [0.15, 0.2) is 0 Å². The second kappa shape index (κ2) is 8.60. The first kappa shape index (κ1) is 17.4. The third-order valence-electron chi connectivity index (χ3n) is 5.58. The Morgan fingerprint density at radius 2 is 1.96 bits per heavy atom. The summed E-state index contributed by atoms with van der Waals surface area (Å²) < 4.78 is 7.33. The van der Waals surface area contributed by atoms with Crippen LogP contribution in [0, 0.1) is 5.92 Å². The van der Waals surface area contributed by atoms with Crippen LogP contribution in [0.4, 0.5) is 0 Å². The zero-order valence-corrected chi connectivity index (χ0v) is 14.8. The molecule has 0 aromatic carbocycles. The predicted molar refractivity (Wildman–Crippen MR) is 91.6 cm³/mol. The summed E-state index contributed by atoms with van der Waals surface area (Å²) in [6.45, 7) is 2.38. The van der Waals surface area contributed by atoms with E-state index in [2.05, 4.69) is 19.7 Å². The van der Waals surface area contributed by atoms with E-state index in [0.29, 0.717) is 24.5 Å². The van der Waals surface area contributed by atoms with E-state index in [0.717, 1.165) is 44.6 Å². The summed E-state index contributed by atoms with van der Waals surface area (Å²) in [4.78, 5) is 14.6. The van der Waals surface area contributed by atoms with E-state index in [9.17, 15) is 4.79 Å². The van der Waals surface area contributed by atoms with Gasteiger partial charge in [-0.15, -0.1) is 10.2 Å². The highest BCUT2D eigenvalue weighted by Gasteiger charge is 2.27. The zero-order chi connectivity index (χ0) is 16.8. The van der Waals surface area contributed by atoms with Crippen LogP contribution in [0.2, 0.25) is 0 Å². The minimum Gasteiger partial charge on any atom is -0.384 e. The second-order valence-electron chi connectivity index (χ2n) is 7.22. The van der Waals surface area contributed by atoms with Crippen molar-refractivity contribution in [1.29, 1.82) is 0 Å². The number of methoxy groups -OCH3 is 1. The lowest BCUT2D eigenvalue weighted by Crippen LogP contribution is -2.40. The molecule has 0 spiro atoms. The average molecular weight is 334 g/mol. The third-order valence-corrected chi connectivity index (χ3v) is 5.58. The molecule has 2 heterocycles. The van der Waals surface area contributed by atoms with E-state index in [-0.39, 0.29) is 0 Å². The molecule has 134 valence electrons. The van der Waals surface area contributed by atoms with E-state index in [4.69, 9.17) is 4.74 Å². The Kier molecular flexibility index (Phi) is 6.24. The van der Waals surface area contributed by atoms with Gasteiger partial charge in [-0.1, -0.05) is 19.3 Å². The van der Waals surface area contributed by atoms with Gasteiger partial charge in [-0.05, 0) is 31.6 Å². The Morgan fingerprint density at radius 1 is 1.21 bits per heavy atom. The number of hydrogen-bond donors (Lipinski definition) is 0. The van der Waals surface area contributed by atoms with Crippen molar-refractivity contribution in [3.8, 4) is 0 Å². The number of carbonyl (C=O) groups is 1. The van der Waals surface area contributed by atoms with Crippen molar-refractivity contribution in [2.45, 2.75) is 63.8 Å². The van der Waals surface area contributed by atoms with Crippen LogP contribution in [0.1, 0.15) is 63.2 Å². The minimum absolute atomic E-state index is 0.365. The minimum atomic E-state index is 0.365. The van der Waals surface area contributed by atoms with Crippen LogP contribution in [0.5, 0.6) is 0 Å². The third kappa shape index (κ3) is 4.35. The molecule has 0 radical (unpaired) electrons. The molecule has 6 nitrogen and oxygen atoms in total. The fourth-order valence-corrected chi connectivity index (χ4v) is 4.10. The second-order valence-corrected chi connectivity index (χ2v) is 7.22. The number of nitrogens with zero attached hydrogens (tertiary/aromatic N) is 4. The highest BCUT2D eigenvalue weighted by Crippen LogP contribution is 2.29. The summed E-state index contributed by atoms with van der Waals surface area (Å²) in [6, 6.07) is 0.408. The van der Waals surface area contributed by atoms with Crippen molar-refractivity contribution in [2.24, 2.45) is 5.92 Å². The Hall–Kier alpha value is -1.43. The van der Waals surface area contributed by atoms with Crippen molar-refractivity contribution in [1.82, 2.24) is 19.7 Å². The van der Waals surface area contributed by atoms with Crippen molar-refractivity contribution < 1.29 is 9.53 Å². The molecule has 1 aliphatic carbocycles. The maximum atomic E-state index is 12.5. The standard InChI is InChI=1S/C18H30N4O2/c1-24-12-9-17-20-19-14-22(17)16-7-10-21(11-8-16)18(23)13-15-5-3-2-4-6-15/h14-16H,2-13H2,1H3. The Bertz CT molecular complexity index is 517. The van der Waals surface area contributed by atoms with Crippen molar-refractivity contribution >= 4 is 5.91 Å². The first-order valence-electron chi connectivity index (χ1n) is 9.43. The number of rotatable bonds is 6. The van der Waals surface area contributed by atoms with Crippen LogP contribution in [0.15, 0.2) is 6.33 Å². The van der Waals surface area contributed by atoms with Gasteiger partial charge in [-0.25, -0.2) is 0 Å². The summed E-state index contributed by atoms with van der Waals surface area (Å²) >= 11 is 0. The van der Waals surface area contributed by atoms with Gasteiger partial charge in [0.1, 0.15) is 12.2 Å². The lowest BCUT2D eigenvalue weighted by Gasteiger charge is -2.34. The van der Waals surface area contributed by atoms with Gasteiger partial charge in [0.05, 0.1) is 6.61 Å². The molecule has 24 heavy (non-hydrogen) atoms. The van der Waals surface area contributed by atoms with Gasteiger partial charge >= 0.3 is 0 Å². The van der Waals surface area contributed by atoms with Gasteiger partial charge in [0.2, 0.25) is 5.91 Å². The normalized spacial score (nSPS) is 20.5. The molecule has 2 fully saturated rings. The van der Waals surface area contributed by atoms with Gasteiger partial charge < -0.3 is 14.2 Å². The fourth-order valence-electron chi connectivity index (χ4n) is 4.10. The molecule has 1 saturated heterocycles. The zero-order valence-electron chi connectivity index (χ0n) is 14.8. The molecule has 0 N–H and O–H groups in total. The fraction of sp³-hybridized carbons (Fsp3) is 0.833. The first-order valence-corrected chi connectivity index (χ1v) is 9.43. The maximum Gasteiger partial charge on any atom is 0.222 e. The highest BCUT2D eigenvalue weighted by molar-refractivity contribution is 5.76. The molecule has 1 amide bonds. The number of likely N-dealkylation sites (tertiary alicyclic amines) is 1. The molecule has 1 saturated carbocycles. The molecule has 0 unspecified atom stereocenters. The average Bonchev–Trinajstić information content (AvgIpc) is 3.09. The summed E-state index contributed by atoms with van der Waals surface area (Å²) in [5, 5.41) is 8.27. The maximum absolute atomic E-state index is 12.5. The van der Waals surface area contributed by atoms with Gasteiger partial charge in [0, 0.05) is 39.1 Å². The number of ether oxygens (including phenoxy) is 1. The molecule has 6 heteroatoms. The molecule has 2 aliphatic rings. The first-order chi connectivity index (χ1) is 11.8. The number of amides is 1. The van der Waals surface area contributed by atoms with Crippen LogP contribution in [0.25, 0.3) is 0 Å². The van der Waals surface area contributed by atoms with Crippen molar-refractivity contribution in [2.75, 3.05) is 26.8 Å². The van der Waals surface area contributed by atoms with Crippen LogP contribution in [0.3, 0.4) is 0 Å². The molecule has 1 aliphatic heterocycles. The summed E-state index contributed by atoms with van der Waals surface area (Å²) in [5.74, 6) is 1.98. The number of aromatic nitrogens is 3. The lowest BCUT2D eigenvalue weighted by molar-refractivity contribution is -0.133. The Labute approximate surface area is 144 Å². The molecule has 1 aromatic heterocycles. The number of piperidine rings is 1. The van der Waals surface area contributed by atoms with Crippen LogP contribution < -0.4 is 0 Å². The van der Waals surface area contributed by atoms with Crippen LogP contribution >= 0.6 is 0 Å². The van der Waals surface area contributed by atoms with Gasteiger partial charge in [0.25, 0.3) is 0 Å². The SMILES string of the molecule is COCCc1nncn1C1CCN(C(=O)CC2CCCCC2)CC1. The molecule has 1 aromatic rings. The monoisotopic (exact) mass is 334 g/mol. The Morgan fingerprint density at radius 3 is 2.67 bits per heavy atom. The summed E-state index contributed by atoms with van der Waals surface area (Å²) in [7, 11) is 1.71. The smallest absolute Gasteiger partial charge is 0.222 e. The van der Waals surface area contributed by atoms with Crippen molar-refractivity contribution in [3.63, 3.8) is 0 Å². The van der Waals surface area contributed by atoms with E-state index in [1.54, 1.807) is 7.11 Å². The molecular weight excluding hydrogens is 304 g/mol. The summed E-state index contributed by atoms with van der Waals surface area (Å²) in [5.41, 5.74) is 0. The lowest BCUT2D eigenvalue weighted by atomic mass is 9.86. The molecule has 0 bridgehead atoms. The largest absolute Gasteiger partial charge is 0.384 e. The van der Waals surface area contributed by atoms with Gasteiger partial charge in [-0.2, -0.15) is 0 Å². The molecule has 0 atom stereocenters. The van der Waals surface area contributed by atoms with Crippen molar-refractivity contribution in [3.05, 3.63) is 12.2 Å². The summed E-state index contributed by atoms with van der Waals surface area (Å²) in [6.07, 6.45) is 11.8. The van der Waals surface area contributed by atoms with E-state index in [1.807, 2.05) is 6.33 Å². The van der Waals surface area contributed by atoms with E-state index in [1.165, 1.54) is 32.1 Å². The predicted octanol–water partition coefficient (Wildman–Crippen LogP) is 2.60. The van der Waals surface area contributed by atoms with Crippen LogP contribution in [-0.4, -0.2) is 52.4 Å². The van der Waals surface area contributed by atoms with Crippen LogP contribution in [-0.2, 0) is 16.0 Å². The quantitative estimate of drug-likeness (QED) is 0.802. The number of carbonyl (C=O) groups excluding carboxylic acids is 1. The number of hydrogen-bond acceptors (Lipinski definition) is 4. The topological polar surface area (TPSA) is 60.3 Å².